The summed E-state index contributed by atoms with van der Waals surface area (Å²) in [5.41, 5.74) is 0.634. The van der Waals surface area contributed by atoms with Crippen LogP contribution in [0.15, 0.2) is 24.3 Å². The predicted octanol–water partition coefficient (Wildman–Crippen LogP) is 5.55. The summed E-state index contributed by atoms with van der Waals surface area (Å²) in [5, 5.41) is 9.94. The molecule has 0 fully saturated rings. The molecule has 1 aromatic carbocycles. The lowest BCUT2D eigenvalue weighted by Gasteiger charge is -2.36. The fraction of sp³-hybridized carbons (Fsp3) is 0.652. The molecule has 0 saturated carbocycles. The number of carboxylic acids is 1. The van der Waals surface area contributed by atoms with Gasteiger partial charge < -0.3 is 9.84 Å². The van der Waals surface area contributed by atoms with Crippen LogP contribution >= 0.6 is 0 Å². The Labute approximate surface area is 164 Å². The minimum Gasteiger partial charge on any atom is -0.481 e. The van der Waals surface area contributed by atoms with Crippen LogP contribution in [0.25, 0.3) is 0 Å². The van der Waals surface area contributed by atoms with Gasteiger partial charge in [0.2, 0.25) is 0 Å². The molecule has 0 bridgehead atoms. The number of rotatable bonds is 8. The zero-order chi connectivity index (χ0) is 21.0. The van der Waals surface area contributed by atoms with Crippen LogP contribution in [-0.4, -0.2) is 24.2 Å². The number of ether oxygens (including phenoxy) is 1. The summed E-state index contributed by atoms with van der Waals surface area (Å²) in [7, 11) is 1.35. The Morgan fingerprint density at radius 2 is 1.56 bits per heavy atom. The van der Waals surface area contributed by atoms with Crippen molar-refractivity contribution in [1.82, 2.24) is 0 Å². The lowest BCUT2D eigenvalue weighted by molar-refractivity contribution is -0.159. The summed E-state index contributed by atoms with van der Waals surface area (Å²) in [6.07, 6.45) is 1.25. The van der Waals surface area contributed by atoms with E-state index in [1.807, 2.05) is 6.92 Å². The van der Waals surface area contributed by atoms with Gasteiger partial charge in [-0.15, -0.1) is 0 Å². The van der Waals surface area contributed by atoms with Crippen molar-refractivity contribution < 1.29 is 19.4 Å². The lowest BCUT2D eigenvalue weighted by Crippen LogP contribution is -2.39. The van der Waals surface area contributed by atoms with Crippen LogP contribution in [0.4, 0.5) is 0 Å². The van der Waals surface area contributed by atoms with E-state index in [0.29, 0.717) is 12.8 Å². The molecule has 1 aromatic rings. The normalized spacial score (nSPS) is 17.5. The number of benzene rings is 1. The van der Waals surface area contributed by atoms with Crippen LogP contribution < -0.4 is 0 Å². The molecule has 0 aliphatic rings. The number of carbonyl (C=O) groups excluding carboxylic acids is 1. The first-order valence-corrected chi connectivity index (χ1v) is 9.71. The second kappa shape index (κ2) is 8.45. The Balaban J connectivity index is 3.08. The molecule has 0 saturated heterocycles. The van der Waals surface area contributed by atoms with Crippen LogP contribution in [0, 0.1) is 10.8 Å². The number of aliphatic carboxylic acids is 1. The maximum absolute atomic E-state index is 12.2. The van der Waals surface area contributed by atoms with Gasteiger partial charge in [0.1, 0.15) is 0 Å². The highest BCUT2D eigenvalue weighted by molar-refractivity contribution is 5.79. The third kappa shape index (κ3) is 5.57. The second-order valence-electron chi connectivity index (χ2n) is 9.43. The Hall–Kier alpha value is -1.84. The largest absolute Gasteiger partial charge is 0.481 e. The molecule has 0 radical (unpaired) electrons. The van der Waals surface area contributed by atoms with Gasteiger partial charge in [-0.3, -0.25) is 9.59 Å². The van der Waals surface area contributed by atoms with Gasteiger partial charge in [0, 0.05) is 0 Å². The lowest BCUT2D eigenvalue weighted by atomic mass is 9.67. The topological polar surface area (TPSA) is 63.6 Å². The van der Waals surface area contributed by atoms with Crippen molar-refractivity contribution >= 4 is 11.9 Å². The van der Waals surface area contributed by atoms with E-state index in [-0.39, 0.29) is 23.7 Å². The molecule has 0 spiro atoms. The third-order valence-electron chi connectivity index (χ3n) is 5.86. The molecule has 1 N–H and O–H groups in total. The number of hydrogen-bond donors (Lipinski definition) is 1. The van der Waals surface area contributed by atoms with Crippen molar-refractivity contribution in [3.8, 4) is 0 Å². The Kier molecular flexibility index (Phi) is 7.26. The predicted molar refractivity (Wildman–Crippen MR) is 109 cm³/mol. The molecular formula is C23H36O4. The van der Waals surface area contributed by atoms with Crippen LogP contribution in [0.3, 0.4) is 0 Å². The monoisotopic (exact) mass is 376 g/mol. The zero-order valence-electron chi connectivity index (χ0n) is 18.2. The fourth-order valence-electron chi connectivity index (χ4n) is 3.79. The molecule has 27 heavy (non-hydrogen) atoms. The molecule has 3 unspecified atom stereocenters. The van der Waals surface area contributed by atoms with Crippen molar-refractivity contribution in [1.29, 1.82) is 0 Å². The molecule has 152 valence electrons. The van der Waals surface area contributed by atoms with Crippen molar-refractivity contribution in [3.05, 3.63) is 35.4 Å². The molecule has 0 amide bonds. The van der Waals surface area contributed by atoms with Gasteiger partial charge in [-0.2, -0.15) is 0 Å². The van der Waals surface area contributed by atoms with Gasteiger partial charge in [0.15, 0.2) is 0 Å². The van der Waals surface area contributed by atoms with Crippen LogP contribution in [0.2, 0.25) is 0 Å². The number of methoxy groups -OCH3 is 1. The van der Waals surface area contributed by atoms with E-state index >= 15 is 0 Å². The summed E-state index contributed by atoms with van der Waals surface area (Å²) in [4.78, 5) is 24.4. The maximum Gasteiger partial charge on any atom is 0.311 e. The van der Waals surface area contributed by atoms with Crippen molar-refractivity contribution in [2.24, 2.45) is 10.8 Å². The molecule has 3 atom stereocenters. The average molecular weight is 377 g/mol. The van der Waals surface area contributed by atoms with E-state index in [0.717, 1.165) is 5.56 Å². The first-order chi connectivity index (χ1) is 12.3. The van der Waals surface area contributed by atoms with Crippen LogP contribution in [0.5, 0.6) is 0 Å². The van der Waals surface area contributed by atoms with E-state index in [1.54, 1.807) is 13.8 Å². The number of hydrogen-bond acceptors (Lipinski definition) is 3. The quantitative estimate of drug-likeness (QED) is 0.604. The molecule has 4 heteroatoms. The Bertz CT molecular complexity index is 656. The van der Waals surface area contributed by atoms with Gasteiger partial charge in [0.05, 0.1) is 17.9 Å². The first-order valence-electron chi connectivity index (χ1n) is 9.71. The van der Waals surface area contributed by atoms with E-state index in [9.17, 15) is 14.7 Å². The van der Waals surface area contributed by atoms with E-state index in [4.69, 9.17) is 4.74 Å². The Morgan fingerprint density at radius 1 is 1.04 bits per heavy atom. The molecule has 4 nitrogen and oxygen atoms in total. The van der Waals surface area contributed by atoms with Gasteiger partial charge in [0.25, 0.3) is 0 Å². The summed E-state index contributed by atoms with van der Waals surface area (Å²) in [5.74, 6) is -1.15. The minimum atomic E-state index is -1.01. The minimum absolute atomic E-state index is 0.0684. The van der Waals surface area contributed by atoms with Crippen molar-refractivity contribution in [2.45, 2.75) is 79.1 Å². The summed E-state index contributed by atoms with van der Waals surface area (Å²) in [6, 6.07) is 8.42. The van der Waals surface area contributed by atoms with E-state index < -0.39 is 16.8 Å². The molecule has 0 heterocycles. The standard InChI is InChI=1S/C23H36O4/c1-9-22(6,20(26)27-8)15-23(7,19(24)25)14-16(2)17-10-12-18(13-11-17)21(3,4)5/h10-13,16H,9,14-15H2,1-8H3,(H,24,25). The smallest absolute Gasteiger partial charge is 0.311 e. The van der Waals surface area contributed by atoms with Crippen molar-refractivity contribution in [2.75, 3.05) is 7.11 Å². The highest BCUT2D eigenvalue weighted by Gasteiger charge is 2.45. The van der Waals surface area contributed by atoms with Gasteiger partial charge in [-0.25, -0.2) is 0 Å². The van der Waals surface area contributed by atoms with Crippen LogP contribution in [0.1, 0.15) is 84.8 Å². The highest BCUT2D eigenvalue weighted by Crippen LogP contribution is 2.43. The zero-order valence-corrected chi connectivity index (χ0v) is 18.2. The second-order valence-corrected chi connectivity index (χ2v) is 9.43. The number of carboxylic acid groups (broad SMARTS) is 1. The summed E-state index contributed by atoms with van der Waals surface area (Å²) < 4.78 is 4.93. The van der Waals surface area contributed by atoms with E-state index in [2.05, 4.69) is 52.0 Å². The first kappa shape index (κ1) is 23.2. The SMILES string of the molecule is CCC(C)(CC(C)(CC(C)c1ccc(C(C)(C)C)cc1)C(=O)O)C(=O)OC. The maximum atomic E-state index is 12.2. The van der Waals surface area contributed by atoms with Gasteiger partial charge in [-0.05, 0) is 55.6 Å². The molecule has 1 rings (SSSR count). The third-order valence-corrected chi connectivity index (χ3v) is 5.86. The molecule has 0 aromatic heterocycles. The number of carbonyl (C=O) groups is 2. The Morgan fingerprint density at radius 3 is 1.93 bits per heavy atom. The van der Waals surface area contributed by atoms with Gasteiger partial charge >= 0.3 is 11.9 Å². The number of esters is 1. The highest BCUT2D eigenvalue weighted by atomic mass is 16.5. The van der Waals surface area contributed by atoms with Crippen LogP contribution in [-0.2, 0) is 19.7 Å². The summed E-state index contributed by atoms with van der Waals surface area (Å²) >= 11 is 0. The van der Waals surface area contributed by atoms with E-state index in [1.165, 1.54) is 12.7 Å². The average Bonchev–Trinajstić information content (AvgIpc) is 2.59. The molecule has 0 aliphatic heterocycles. The molecule has 0 aliphatic carbocycles. The summed E-state index contributed by atoms with van der Waals surface area (Å²) in [6.45, 7) is 14.0. The molecular weight excluding hydrogens is 340 g/mol. The fourth-order valence-corrected chi connectivity index (χ4v) is 3.79. The van der Waals surface area contributed by atoms with Crippen molar-refractivity contribution in [3.63, 3.8) is 0 Å². The van der Waals surface area contributed by atoms with Gasteiger partial charge in [-0.1, -0.05) is 58.9 Å².